The maximum atomic E-state index is 12.8. The number of aliphatic imine (C=N–C) groups is 1. The number of methoxy groups -OCH3 is 1. The van der Waals surface area contributed by atoms with Crippen molar-refractivity contribution in [2.75, 3.05) is 14.2 Å². The highest BCUT2D eigenvalue weighted by atomic mass is 32.2. The number of rotatable bonds is 7. The summed E-state index contributed by atoms with van der Waals surface area (Å²) in [4.78, 5) is 30.4. The van der Waals surface area contributed by atoms with Gasteiger partial charge in [0.05, 0.1) is 34.9 Å². The van der Waals surface area contributed by atoms with E-state index < -0.39 is 5.97 Å². The minimum Gasteiger partial charge on any atom is -0.493 e. The Labute approximate surface area is 212 Å². The third-order valence-electron chi connectivity index (χ3n) is 5.33. The van der Waals surface area contributed by atoms with Gasteiger partial charge in [-0.2, -0.15) is 5.26 Å². The zero-order valence-electron chi connectivity index (χ0n) is 19.5. The number of aromatic carboxylic acids is 1. The van der Waals surface area contributed by atoms with Gasteiger partial charge >= 0.3 is 5.97 Å². The molecule has 3 aromatic carbocycles. The number of ether oxygens (including phenoxy) is 2. The largest absolute Gasteiger partial charge is 0.493 e. The van der Waals surface area contributed by atoms with E-state index in [4.69, 9.17) is 9.47 Å². The third kappa shape index (κ3) is 5.40. The Morgan fingerprint density at radius 1 is 1.14 bits per heavy atom. The van der Waals surface area contributed by atoms with Crippen LogP contribution in [0.5, 0.6) is 11.5 Å². The SMILES string of the molecule is COc1cc(/C=C2\SC(=Nc3cccc(C(=O)O)c3)N(C)C2=O)ccc1OCc1ccccc1C#N. The fourth-order valence-corrected chi connectivity index (χ4v) is 4.41. The highest BCUT2D eigenvalue weighted by Crippen LogP contribution is 2.35. The highest BCUT2D eigenvalue weighted by Gasteiger charge is 2.30. The molecule has 180 valence electrons. The van der Waals surface area contributed by atoms with Crippen molar-refractivity contribution in [3.8, 4) is 17.6 Å². The average Bonchev–Trinajstić information content (AvgIpc) is 3.15. The van der Waals surface area contributed by atoms with Gasteiger partial charge in [0.25, 0.3) is 5.91 Å². The standard InChI is InChI=1S/C27H21N3O5S/c1-30-25(31)24(36-27(30)29-21-9-5-8-18(14-21)26(32)33)13-17-10-11-22(23(12-17)34-2)35-16-20-7-4-3-6-19(20)15-28/h3-14H,16H2,1-2H3,(H,32,33)/b24-13-,29-27?. The highest BCUT2D eigenvalue weighted by molar-refractivity contribution is 8.18. The summed E-state index contributed by atoms with van der Waals surface area (Å²) >= 11 is 1.20. The van der Waals surface area contributed by atoms with Crippen molar-refractivity contribution in [3.05, 3.63) is 93.9 Å². The van der Waals surface area contributed by atoms with Gasteiger partial charge in [-0.1, -0.05) is 30.3 Å². The smallest absolute Gasteiger partial charge is 0.335 e. The van der Waals surface area contributed by atoms with Crippen molar-refractivity contribution in [2.45, 2.75) is 6.61 Å². The molecule has 0 aliphatic carbocycles. The minimum atomic E-state index is -1.04. The van der Waals surface area contributed by atoms with Crippen molar-refractivity contribution in [1.29, 1.82) is 5.26 Å². The average molecular weight is 500 g/mol. The Kier molecular flexibility index (Phi) is 7.37. The fraction of sp³-hybridized carbons (Fsp3) is 0.111. The van der Waals surface area contributed by atoms with Crippen molar-refractivity contribution >= 4 is 40.6 Å². The molecule has 0 unspecified atom stereocenters. The van der Waals surface area contributed by atoms with Gasteiger partial charge in [0.1, 0.15) is 6.61 Å². The third-order valence-corrected chi connectivity index (χ3v) is 6.39. The van der Waals surface area contributed by atoms with Crippen molar-refractivity contribution in [3.63, 3.8) is 0 Å². The van der Waals surface area contributed by atoms with Gasteiger partial charge in [-0.15, -0.1) is 0 Å². The number of carboxylic acid groups (broad SMARTS) is 1. The van der Waals surface area contributed by atoms with Gasteiger partial charge < -0.3 is 14.6 Å². The lowest BCUT2D eigenvalue weighted by Crippen LogP contribution is -2.23. The molecule has 0 aromatic heterocycles. The van der Waals surface area contributed by atoms with Gasteiger partial charge in [0.15, 0.2) is 16.7 Å². The number of amidine groups is 1. The van der Waals surface area contributed by atoms with Crippen LogP contribution in [-0.2, 0) is 11.4 Å². The number of carboxylic acids is 1. The Hall–Kier alpha value is -4.55. The molecule has 0 atom stereocenters. The van der Waals surface area contributed by atoms with Gasteiger partial charge in [0, 0.05) is 12.6 Å². The molecule has 9 heteroatoms. The van der Waals surface area contributed by atoms with E-state index in [1.165, 1.54) is 35.9 Å². The summed E-state index contributed by atoms with van der Waals surface area (Å²) in [6.45, 7) is 0.211. The summed E-state index contributed by atoms with van der Waals surface area (Å²) in [5, 5.41) is 18.9. The maximum Gasteiger partial charge on any atom is 0.335 e. The minimum absolute atomic E-state index is 0.120. The van der Waals surface area contributed by atoms with E-state index >= 15 is 0 Å². The van der Waals surface area contributed by atoms with Crippen LogP contribution in [0.15, 0.2) is 76.6 Å². The lowest BCUT2D eigenvalue weighted by Gasteiger charge is -2.12. The number of hydrogen-bond donors (Lipinski definition) is 1. The number of nitrogens with zero attached hydrogens (tertiary/aromatic N) is 3. The summed E-state index contributed by atoms with van der Waals surface area (Å²) in [7, 11) is 3.15. The molecule has 1 aliphatic rings. The number of likely N-dealkylation sites (N-methyl/N-ethyl adjacent to an activating group) is 1. The van der Waals surface area contributed by atoms with Crippen LogP contribution < -0.4 is 9.47 Å². The number of benzene rings is 3. The summed E-state index contributed by atoms with van der Waals surface area (Å²) in [6, 6.07) is 20.9. The summed E-state index contributed by atoms with van der Waals surface area (Å²) < 4.78 is 11.4. The van der Waals surface area contributed by atoms with E-state index in [1.807, 2.05) is 12.1 Å². The molecular weight excluding hydrogens is 478 g/mol. The Balaban J connectivity index is 1.54. The van der Waals surface area contributed by atoms with E-state index in [1.54, 1.807) is 55.6 Å². The van der Waals surface area contributed by atoms with Gasteiger partial charge in [-0.3, -0.25) is 9.69 Å². The lowest BCUT2D eigenvalue weighted by atomic mass is 10.1. The maximum absolute atomic E-state index is 12.8. The van der Waals surface area contributed by atoms with Gasteiger partial charge in [-0.25, -0.2) is 9.79 Å². The van der Waals surface area contributed by atoms with Crippen LogP contribution in [0.1, 0.15) is 27.0 Å². The number of amides is 1. The van der Waals surface area contributed by atoms with Crippen molar-refractivity contribution < 1.29 is 24.2 Å². The quantitative estimate of drug-likeness (QED) is 0.451. The molecule has 1 aliphatic heterocycles. The topological polar surface area (TPSA) is 112 Å². The van der Waals surface area contributed by atoms with Crippen LogP contribution in [0.25, 0.3) is 6.08 Å². The second-order valence-electron chi connectivity index (χ2n) is 7.69. The molecule has 1 fully saturated rings. The molecule has 1 saturated heterocycles. The monoisotopic (exact) mass is 499 g/mol. The molecule has 1 heterocycles. The van der Waals surface area contributed by atoms with E-state index in [-0.39, 0.29) is 18.1 Å². The van der Waals surface area contributed by atoms with Crippen LogP contribution in [-0.4, -0.2) is 41.2 Å². The zero-order valence-corrected chi connectivity index (χ0v) is 20.3. The van der Waals surface area contributed by atoms with Crippen molar-refractivity contribution in [1.82, 2.24) is 4.90 Å². The molecule has 0 bridgehead atoms. The van der Waals surface area contributed by atoms with Gasteiger partial charge in [-0.05, 0) is 59.8 Å². The van der Waals surface area contributed by atoms with Crippen molar-refractivity contribution in [2.24, 2.45) is 4.99 Å². The molecule has 1 N–H and O–H groups in total. The molecule has 4 rings (SSSR count). The van der Waals surface area contributed by atoms with E-state index in [2.05, 4.69) is 11.1 Å². The predicted molar refractivity (Wildman–Crippen MR) is 137 cm³/mol. The first kappa shape index (κ1) is 24.6. The number of carbonyl (C=O) groups excluding carboxylic acids is 1. The number of hydrogen-bond acceptors (Lipinski definition) is 7. The summed E-state index contributed by atoms with van der Waals surface area (Å²) in [6.07, 6.45) is 1.73. The zero-order chi connectivity index (χ0) is 25.7. The van der Waals surface area contributed by atoms with E-state index in [9.17, 15) is 20.0 Å². The van der Waals surface area contributed by atoms with Crippen LogP contribution in [0.4, 0.5) is 5.69 Å². The summed E-state index contributed by atoms with van der Waals surface area (Å²) in [5.74, 6) is -0.269. The first-order valence-corrected chi connectivity index (χ1v) is 11.6. The molecule has 0 saturated carbocycles. The Bertz CT molecular complexity index is 1440. The normalized spacial score (nSPS) is 15.2. The van der Waals surface area contributed by atoms with Crippen LogP contribution in [0, 0.1) is 11.3 Å². The van der Waals surface area contributed by atoms with E-state index in [0.717, 1.165) is 11.1 Å². The van der Waals surface area contributed by atoms with Crippen LogP contribution in [0.2, 0.25) is 0 Å². The number of nitriles is 1. The second-order valence-corrected chi connectivity index (χ2v) is 8.70. The first-order valence-electron chi connectivity index (χ1n) is 10.8. The molecule has 0 spiro atoms. The molecule has 1 amide bonds. The van der Waals surface area contributed by atoms with Crippen LogP contribution in [0.3, 0.4) is 0 Å². The molecule has 8 nitrogen and oxygen atoms in total. The van der Waals surface area contributed by atoms with Crippen LogP contribution >= 0.6 is 11.8 Å². The Morgan fingerprint density at radius 2 is 1.94 bits per heavy atom. The molecule has 0 radical (unpaired) electrons. The molecule has 36 heavy (non-hydrogen) atoms. The first-order chi connectivity index (χ1) is 17.4. The molecular formula is C27H21N3O5S. The number of carbonyl (C=O) groups is 2. The van der Waals surface area contributed by atoms with E-state index in [0.29, 0.717) is 32.8 Å². The molecule has 3 aromatic rings. The summed E-state index contributed by atoms with van der Waals surface area (Å²) in [5.41, 5.74) is 2.61. The Morgan fingerprint density at radius 3 is 2.69 bits per heavy atom. The lowest BCUT2D eigenvalue weighted by molar-refractivity contribution is -0.121. The predicted octanol–water partition coefficient (Wildman–Crippen LogP) is 5.08. The van der Waals surface area contributed by atoms with Gasteiger partial charge in [0.2, 0.25) is 0 Å². The second kappa shape index (κ2) is 10.8. The fourth-order valence-electron chi connectivity index (χ4n) is 3.43. The number of thioether (sulfide) groups is 1.